The summed E-state index contributed by atoms with van der Waals surface area (Å²) in [6.07, 6.45) is 2.60. The van der Waals surface area contributed by atoms with Crippen molar-refractivity contribution in [2.24, 2.45) is 5.41 Å². The van der Waals surface area contributed by atoms with Crippen LogP contribution in [0.25, 0.3) is 10.9 Å². The topological polar surface area (TPSA) is 78.1 Å². The maximum absolute atomic E-state index is 12.9. The fourth-order valence-electron chi connectivity index (χ4n) is 3.44. The number of nitrogens with zero attached hydrogens (tertiary/aromatic N) is 2. The Bertz CT molecular complexity index is 1030. The summed E-state index contributed by atoms with van der Waals surface area (Å²) in [7, 11) is 0. The quantitative estimate of drug-likeness (QED) is 0.729. The predicted molar refractivity (Wildman–Crippen MR) is 105 cm³/mol. The van der Waals surface area contributed by atoms with E-state index in [0.717, 1.165) is 34.3 Å². The Labute approximate surface area is 160 Å². The van der Waals surface area contributed by atoms with Gasteiger partial charge in [0, 0.05) is 34.2 Å². The van der Waals surface area contributed by atoms with Crippen LogP contribution in [0.15, 0.2) is 30.3 Å². The highest BCUT2D eigenvalue weighted by Gasteiger charge is 2.45. The van der Waals surface area contributed by atoms with E-state index in [4.69, 9.17) is 0 Å². The number of hydrogen-bond donors (Lipinski definition) is 2. The summed E-state index contributed by atoms with van der Waals surface area (Å²) in [6, 6.07) is 9.79. The van der Waals surface area contributed by atoms with E-state index >= 15 is 0 Å². The number of rotatable bonds is 3. The van der Waals surface area contributed by atoms with E-state index in [0.29, 0.717) is 30.3 Å². The lowest BCUT2D eigenvalue weighted by atomic mass is 10.1. The summed E-state index contributed by atoms with van der Waals surface area (Å²) >= 11 is 1.48. The number of nitrogens with one attached hydrogen (secondary N) is 2. The van der Waals surface area contributed by atoms with Crippen LogP contribution >= 0.6 is 11.3 Å². The Morgan fingerprint density at radius 3 is 2.89 bits per heavy atom. The van der Waals surface area contributed by atoms with Crippen LogP contribution < -0.4 is 5.32 Å². The van der Waals surface area contributed by atoms with Gasteiger partial charge in [-0.2, -0.15) is 0 Å². The average molecular weight is 380 g/mol. The lowest BCUT2D eigenvalue weighted by molar-refractivity contribution is -0.120. The van der Waals surface area contributed by atoms with Gasteiger partial charge in [0.2, 0.25) is 5.91 Å². The van der Waals surface area contributed by atoms with Gasteiger partial charge in [-0.15, -0.1) is 0 Å². The molecule has 3 aromatic rings. The van der Waals surface area contributed by atoms with Gasteiger partial charge in [0.05, 0.1) is 12.2 Å². The second kappa shape index (κ2) is 5.92. The first-order chi connectivity index (χ1) is 13.0. The summed E-state index contributed by atoms with van der Waals surface area (Å²) < 4.78 is 0. The summed E-state index contributed by atoms with van der Waals surface area (Å²) in [6.45, 7) is 3.15. The molecule has 0 atom stereocenters. The summed E-state index contributed by atoms with van der Waals surface area (Å²) in [5, 5.41) is 4.64. The number of aromatic amines is 1. The van der Waals surface area contributed by atoms with Crippen LogP contribution in [-0.4, -0.2) is 33.2 Å². The monoisotopic (exact) mass is 380 g/mol. The molecule has 0 unspecified atom stereocenters. The van der Waals surface area contributed by atoms with E-state index in [1.165, 1.54) is 11.3 Å². The summed E-state index contributed by atoms with van der Waals surface area (Å²) in [4.78, 5) is 35.8. The van der Waals surface area contributed by atoms with Crippen LogP contribution in [0.4, 0.5) is 5.13 Å². The Kier molecular flexibility index (Phi) is 3.62. The van der Waals surface area contributed by atoms with Gasteiger partial charge in [-0.1, -0.05) is 36.5 Å². The maximum Gasteiger partial charge on any atom is 0.270 e. The molecular weight excluding hydrogens is 360 g/mol. The largest absolute Gasteiger partial charge is 0.351 e. The third kappa shape index (κ3) is 2.92. The molecule has 6 nitrogen and oxygen atoms in total. The second-order valence-corrected chi connectivity index (χ2v) is 8.73. The zero-order valence-corrected chi connectivity index (χ0v) is 15.9. The molecule has 1 fully saturated rings. The highest BCUT2D eigenvalue weighted by atomic mass is 32.1. The lowest BCUT2D eigenvalue weighted by Crippen LogP contribution is -2.35. The summed E-state index contributed by atoms with van der Waals surface area (Å²) in [5.41, 5.74) is 2.36. The number of para-hydroxylation sites is 1. The minimum Gasteiger partial charge on any atom is -0.351 e. The molecule has 2 aromatic heterocycles. The Morgan fingerprint density at radius 1 is 1.30 bits per heavy atom. The van der Waals surface area contributed by atoms with Crippen LogP contribution in [0.3, 0.4) is 0 Å². The van der Waals surface area contributed by atoms with Crippen molar-refractivity contribution in [1.82, 2.24) is 14.9 Å². The molecule has 0 radical (unpaired) electrons. The molecule has 2 N–H and O–H groups in total. The lowest BCUT2D eigenvalue weighted by Gasteiger charge is -2.25. The van der Waals surface area contributed by atoms with Crippen molar-refractivity contribution in [3.63, 3.8) is 0 Å². The molecule has 1 aromatic carbocycles. The van der Waals surface area contributed by atoms with Crippen LogP contribution in [0.2, 0.25) is 0 Å². The average Bonchev–Trinajstić information content (AvgIpc) is 3.12. The van der Waals surface area contributed by atoms with E-state index in [9.17, 15) is 9.59 Å². The van der Waals surface area contributed by atoms with E-state index in [1.807, 2.05) is 42.2 Å². The number of fused-ring (bicyclic) bond motifs is 2. The first-order valence-electron chi connectivity index (χ1n) is 9.19. The number of aromatic nitrogens is 2. The van der Waals surface area contributed by atoms with Crippen LogP contribution in [-0.2, 0) is 17.8 Å². The molecule has 27 heavy (non-hydrogen) atoms. The predicted octanol–water partition coefficient (Wildman–Crippen LogP) is 3.56. The van der Waals surface area contributed by atoms with Crippen molar-refractivity contribution in [3.8, 4) is 0 Å². The van der Waals surface area contributed by atoms with Crippen molar-refractivity contribution >= 4 is 39.2 Å². The molecule has 1 aliphatic heterocycles. The SMILES string of the molecule is CC1(C(=O)Nc2nc3c(s2)CN(C(=O)c2cc4ccccc4[nH]2)CC3)CC1. The zero-order valence-electron chi connectivity index (χ0n) is 15.0. The van der Waals surface area contributed by atoms with E-state index in [2.05, 4.69) is 15.3 Å². The molecule has 0 spiro atoms. The van der Waals surface area contributed by atoms with Crippen LogP contribution in [0.5, 0.6) is 0 Å². The highest BCUT2D eigenvalue weighted by Crippen LogP contribution is 2.46. The smallest absolute Gasteiger partial charge is 0.270 e. The zero-order chi connectivity index (χ0) is 18.6. The molecule has 2 aliphatic rings. The third-order valence-corrected chi connectivity index (χ3v) is 6.55. The molecule has 0 bridgehead atoms. The van der Waals surface area contributed by atoms with Gasteiger partial charge in [0.15, 0.2) is 5.13 Å². The fraction of sp³-hybridized carbons (Fsp3) is 0.350. The fourth-order valence-corrected chi connectivity index (χ4v) is 4.46. The number of hydrogen-bond acceptors (Lipinski definition) is 4. The highest BCUT2D eigenvalue weighted by molar-refractivity contribution is 7.15. The number of thiazole rings is 1. The minimum atomic E-state index is -0.218. The second-order valence-electron chi connectivity index (χ2n) is 7.65. The molecule has 0 saturated heterocycles. The molecule has 5 rings (SSSR count). The van der Waals surface area contributed by atoms with Crippen LogP contribution in [0.1, 0.15) is 40.8 Å². The van der Waals surface area contributed by atoms with Gasteiger partial charge in [-0.3, -0.25) is 9.59 Å². The van der Waals surface area contributed by atoms with Gasteiger partial charge >= 0.3 is 0 Å². The number of carbonyl (C=O) groups excluding carboxylic acids is 2. The maximum atomic E-state index is 12.9. The van der Waals surface area contributed by atoms with E-state index in [1.54, 1.807) is 0 Å². The molecule has 2 amide bonds. The Morgan fingerprint density at radius 2 is 2.11 bits per heavy atom. The molecule has 138 valence electrons. The van der Waals surface area contributed by atoms with E-state index < -0.39 is 0 Å². The molecule has 3 heterocycles. The van der Waals surface area contributed by atoms with Crippen molar-refractivity contribution < 1.29 is 9.59 Å². The number of amides is 2. The third-order valence-electron chi connectivity index (χ3n) is 5.55. The minimum absolute atomic E-state index is 0.00123. The number of anilines is 1. The standard InChI is InChI=1S/C20H20N4O2S/c1-20(7-8-20)18(26)23-19-22-14-6-9-24(11-16(14)27-19)17(25)15-10-12-4-2-3-5-13(12)21-15/h2-5,10,21H,6-9,11H2,1H3,(H,22,23,26). The Balaban J connectivity index is 1.33. The van der Waals surface area contributed by atoms with Gasteiger partial charge in [-0.25, -0.2) is 4.98 Å². The molecule has 1 saturated carbocycles. The Hall–Kier alpha value is -2.67. The number of H-pyrrole nitrogens is 1. The molecule has 7 heteroatoms. The first kappa shape index (κ1) is 16.5. The normalized spacial score (nSPS) is 17.6. The van der Waals surface area contributed by atoms with Crippen molar-refractivity contribution in [3.05, 3.63) is 46.6 Å². The molecule has 1 aliphatic carbocycles. The first-order valence-corrected chi connectivity index (χ1v) is 10.0. The van der Waals surface area contributed by atoms with Crippen molar-refractivity contribution in [2.45, 2.75) is 32.7 Å². The van der Waals surface area contributed by atoms with E-state index in [-0.39, 0.29) is 17.2 Å². The summed E-state index contributed by atoms with van der Waals surface area (Å²) in [5.74, 6) is 0.0564. The number of benzene rings is 1. The van der Waals surface area contributed by atoms with Crippen LogP contribution in [0, 0.1) is 5.41 Å². The molecular formula is C20H20N4O2S. The van der Waals surface area contributed by atoms with Crippen molar-refractivity contribution in [2.75, 3.05) is 11.9 Å². The van der Waals surface area contributed by atoms with Gasteiger partial charge < -0.3 is 15.2 Å². The van der Waals surface area contributed by atoms with Gasteiger partial charge in [-0.05, 0) is 25.0 Å². The van der Waals surface area contributed by atoms with Crippen molar-refractivity contribution in [1.29, 1.82) is 0 Å². The number of carbonyl (C=O) groups is 2. The van der Waals surface area contributed by atoms with Gasteiger partial charge in [0.25, 0.3) is 5.91 Å². The van der Waals surface area contributed by atoms with Gasteiger partial charge in [0.1, 0.15) is 5.69 Å².